The molecular weight excluding hydrogens is 193 g/mol. The Morgan fingerprint density at radius 2 is 1.93 bits per heavy atom. The molecule has 1 aromatic carbocycles. The maximum atomic E-state index is 12.6. The summed E-state index contributed by atoms with van der Waals surface area (Å²) >= 11 is 0. The quantitative estimate of drug-likeness (QED) is 0.809. The first-order chi connectivity index (χ1) is 7.09. The molecule has 1 unspecified atom stereocenters. The molecule has 0 radical (unpaired) electrons. The third kappa shape index (κ3) is 3.61. The molecule has 0 aliphatic rings. The van der Waals surface area contributed by atoms with Gasteiger partial charge in [-0.15, -0.1) is 0 Å². The monoisotopic (exact) mass is 211 g/mol. The second-order valence-corrected chi connectivity index (χ2v) is 3.98. The normalized spacial score (nSPS) is 14.9. The van der Waals surface area contributed by atoms with E-state index in [1.165, 1.54) is 12.1 Å². The lowest BCUT2D eigenvalue weighted by molar-refractivity contribution is 0.00704. The second-order valence-electron chi connectivity index (χ2n) is 3.98. The zero-order chi connectivity index (χ0) is 11.3. The minimum absolute atomic E-state index is 0.202. The molecule has 3 heteroatoms. The number of ether oxygens (including phenoxy) is 1. The van der Waals surface area contributed by atoms with Gasteiger partial charge in [0.05, 0.1) is 5.60 Å². The third-order valence-corrected chi connectivity index (χ3v) is 2.78. The van der Waals surface area contributed by atoms with E-state index in [4.69, 9.17) is 10.5 Å². The van der Waals surface area contributed by atoms with Gasteiger partial charge < -0.3 is 10.5 Å². The van der Waals surface area contributed by atoms with E-state index in [0.29, 0.717) is 6.54 Å². The van der Waals surface area contributed by atoms with Gasteiger partial charge in [-0.3, -0.25) is 0 Å². The van der Waals surface area contributed by atoms with Crippen LogP contribution in [0.2, 0.25) is 0 Å². The van der Waals surface area contributed by atoms with Crippen molar-refractivity contribution in [1.29, 1.82) is 0 Å². The molecule has 2 nitrogen and oxygen atoms in total. The highest BCUT2D eigenvalue weighted by Crippen LogP contribution is 2.16. The molecule has 0 bridgehead atoms. The van der Waals surface area contributed by atoms with Crippen LogP contribution in [-0.2, 0) is 11.2 Å². The van der Waals surface area contributed by atoms with Crippen molar-refractivity contribution in [3.05, 3.63) is 35.6 Å². The summed E-state index contributed by atoms with van der Waals surface area (Å²) in [6.07, 6.45) is 1.69. The van der Waals surface area contributed by atoms with Crippen molar-refractivity contribution >= 4 is 0 Å². The molecule has 1 atom stereocenters. The lowest BCUT2D eigenvalue weighted by atomic mass is 9.97. The zero-order valence-electron chi connectivity index (χ0n) is 9.29. The van der Waals surface area contributed by atoms with Crippen molar-refractivity contribution in [3.63, 3.8) is 0 Å². The third-order valence-electron chi connectivity index (χ3n) is 2.78. The first-order valence-electron chi connectivity index (χ1n) is 5.09. The number of aryl methyl sites for hydroxylation is 1. The van der Waals surface area contributed by atoms with E-state index >= 15 is 0 Å². The van der Waals surface area contributed by atoms with Crippen molar-refractivity contribution in [3.8, 4) is 0 Å². The highest BCUT2D eigenvalue weighted by atomic mass is 19.1. The fraction of sp³-hybridized carbons (Fsp3) is 0.500. The summed E-state index contributed by atoms with van der Waals surface area (Å²) in [5.41, 5.74) is 6.44. The van der Waals surface area contributed by atoms with E-state index < -0.39 is 0 Å². The smallest absolute Gasteiger partial charge is 0.123 e. The van der Waals surface area contributed by atoms with Gasteiger partial charge in [-0.1, -0.05) is 12.1 Å². The molecule has 0 aromatic heterocycles. The van der Waals surface area contributed by atoms with Gasteiger partial charge in [-0.05, 0) is 37.5 Å². The Balaban J connectivity index is 2.53. The Morgan fingerprint density at radius 3 is 2.40 bits per heavy atom. The lowest BCUT2D eigenvalue weighted by Crippen LogP contribution is -2.36. The minimum Gasteiger partial charge on any atom is -0.377 e. The highest BCUT2D eigenvalue weighted by molar-refractivity contribution is 5.16. The molecule has 0 spiro atoms. The van der Waals surface area contributed by atoms with Crippen LogP contribution in [0.1, 0.15) is 18.9 Å². The Hall–Kier alpha value is -0.930. The van der Waals surface area contributed by atoms with Crippen LogP contribution in [0.5, 0.6) is 0 Å². The molecule has 0 aliphatic carbocycles. The summed E-state index contributed by atoms with van der Waals surface area (Å²) in [6.45, 7) is 2.47. The maximum absolute atomic E-state index is 12.6. The number of benzene rings is 1. The average molecular weight is 211 g/mol. The van der Waals surface area contributed by atoms with Gasteiger partial charge in [0.25, 0.3) is 0 Å². The molecule has 0 saturated heterocycles. The van der Waals surface area contributed by atoms with Crippen LogP contribution >= 0.6 is 0 Å². The predicted molar refractivity (Wildman–Crippen MR) is 59.2 cm³/mol. The van der Waals surface area contributed by atoms with Crippen molar-refractivity contribution in [1.82, 2.24) is 0 Å². The van der Waals surface area contributed by atoms with Gasteiger partial charge in [0.15, 0.2) is 0 Å². The number of hydrogen-bond acceptors (Lipinski definition) is 2. The number of methoxy groups -OCH3 is 1. The average Bonchev–Trinajstić information content (AvgIpc) is 2.28. The Kier molecular flexibility index (Phi) is 4.24. The molecule has 0 aliphatic heterocycles. The first kappa shape index (κ1) is 12.1. The van der Waals surface area contributed by atoms with E-state index in [9.17, 15) is 4.39 Å². The molecule has 15 heavy (non-hydrogen) atoms. The summed E-state index contributed by atoms with van der Waals surface area (Å²) in [7, 11) is 1.66. The van der Waals surface area contributed by atoms with Crippen LogP contribution in [-0.4, -0.2) is 19.3 Å². The minimum atomic E-state index is -0.283. The van der Waals surface area contributed by atoms with E-state index in [-0.39, 0.29) is 11.4 Å². The molecule has 0 amide bonds. The molecule has 0 heterocycles. The summed E-state index contributed by atoms with van der Waals surface area (Å²) in [6, 6.07) is 6.54. The van der Waals surface area contributed by atoms with Crippen molar-refractivity contribution in [2.24, 2.45) is 5.73 Å². The van der Waals surface area contributed by atoms with Crippen molar-refractivity contribution in [2.75, 3.05) is 13.7 Å². The summed E-state index contributed by atoms with van der Waals surface area (Å²) < 4.78 is 18.0. The van der Waals surface area contributed by atoms with E-state index in [2.05, 4.69) is 0 Å². The van der Waals surface area contributed by atoms with Crippen molar-refractivity contribution < 1.29 is 9.13 Å². The molecule has 1 rings (SSSR count). The highest BCUT2D eigenvalue weighted by Gasteiger charge is 2.20. The molecule has 1 aromatic rings. The topological polar surface area (TPSA) is 35.2 Å². The zero-order valence-corrected chi connectivity index (χ0v) is 9.29. The number of rotatable bonds is 5. The summed E-state index contributed by atoms with van der Waals surface area (Å²) in [5.74, 6) is -0.202. The first-order valence-corrected chi connectivity index (χ1v) is 5.09. The Morgan fingerprint density at radius 1 is 1.33 bits per heavy atom. The maximum Gasteiger partial charge on any atom is 0.123 e. The van der Waals surface area contributed by atoms with Crippen LogP contribution in [0, 0.1) is 5.82 Å². The predicted octanol–water partition coefficient (Wildman–Crippen LogP) is 2.12. The van der Waals surface area contributed by atoms with Gasteiger partial charge in [0.2, 0.25) is 0 Å². The van der Waals surface area contributed by atoms with Gasteiger partial charge >= 0.3 is 0 Å². The molecule has 0 saturated carbocycles. The molecular formula is C12H18FNO. The molecule has 2 N–H and O–H groups in total. The van der Waals surface area contributed by atoms with E-state index in [0.717, 1.165) is 18.4 Å². The Labute approximate surface area is 90.2 Å². The van der Waals surface area contributed by atoms with Crippen molar-refractivity contribution in [2.45, 2.75) is 25.4 Å². The van der Waals surface area contributed by atoms with Gasteiger partial charge in [-0.25, -0.2) is 4.39 Å². The van der Waals surface area contributed by atoms with Crippen LogP contribution in [0.3, 0.4) is 0 Å². The largest absolute Gasteiger partial charge is 0.377 e. The fourth-order valence-electron chi connectivity index (χ4n) is 1.35. The Bertz CT molecular complexity index is 293. The lowest BCUT2D eigenvalue weighted by Gasteiger charge is -2.26. The SMILES string of the molecule is COC(C)(CN)CCc1ccc(F)cc1. The molecule has 0 fully saturated rings. The number of hydrogen-bond donors (Lipinski definition) is 1. The van der Waals surface area contributed by atoms with E-state index in [1.807, 2.05) is 6.92 Å². The second kappa shape index (κ2) is 5.24. The van der Waals surface area contributed by atoms with Crippen LogP contribution in [0.4, 0.5) is 4.39 Å². The summed E-state index contributed by atoms with van der Waals surface area (Å²) in [5, 5.41) is 0. The standard InChI is InChI=1S/C12H18FNO/c1-12(9-14,15-2)8-7-10-3-5-11(13)6-4-10/h3-6H,7-9,14H2,1-2H3. The van der Waals surface area contributed by atoms with Crippen LogP contribution < -0.4 is 5.73 Å². The van der Waals surface area contributed by atoms with E-state index in [1.54, 1.807) is 19.2 Å². The number of nitrogens with two attached hydrogens (primary N) is 1. The molecule has 84 valence electrons. The van der Waals surface area contributed by atoms with Crippen LogP contribution in [0.15, 0.2) is 24.3 Å². The van der Waals surface area contributed by atoms with Gasteiger partial charge in [-0.2, -0.15) is 0 Å². The van der Waals surface area contributed by atoms with Gasteiger partial charge in [0, 0.05) is 13.7 Å². The summed E-state index contributed by atoms with van der Waals surface area (Å²) in [4.78, 5) is 0. The van der Waals surface area contributed by atoms with Crippen LogP contribution in [0.25, 0.3) is 0 Å². The van der Waals surface area contributed by atoms with Gasteiger partial charge in [0.1, 0.15) is 5.82 Å². The fourth-order valence-corrected chi connectivity index (χ4v) is 1.35. The number of halogens is 1.